The molecule has 6 N–H and O–H groups in total. The molecule has 1 aliphatic carbocycles. The predicted octanol–water partition coefficient (Wildman–Crippen LogP) is 3.05. The maximum atomic E-state index is 6.47. The second-order valence-electron chi connectivity index (χ2n) is 8.82. The molecule has 1 saturated carbocycles. The molecule has 3 aliphatic rings. The van der Waals surface area contributed by atoms with Crippen LogP contribution in [0, 0.1) is 5.41 Å². The molecule has 2 aromatic heterocycles. The molecule has 0 bridgehead atoms. The molecule has 2 aliphatic heterocycles. The Kier molecular flexibility index (Phi) is 5.62. The van der Waals surface area contributed by atoms with Crippen molar-refractivity contribution >= 4 is 40.8 Å². The molecule has 0 amide bonds. The summed E-state index contributed by atoms with van der Waals surface area (Å²) in [5, 5.41) is 1.03. The number of rotatable bonds is 4. The average Bonchev–Trinajstić information content (AvgIpc) is 3.07. The number of nitrogen functional groups attached to an aromatic ring is 2. The summed E-state index contributed by atoms with van der Waals surface area (Å²) >= 11 is 7.69. The minimum atomic E-state index is 0.227. The van der Waals surface area contributed by atoms with E-state index in [4.69, 9.17) is 43.5 Å². The molecule has 166 valence electrons. The maximum Gasteiger partial charge on any atom is 0.158 e. The fraction of sp³-hybridized carbons (Fsp3) is 0.571. The van der Waals surface area contributed by atoms with Gasteiger partial charge in [0.25, 0.3) is 0 Å². The lowest BCUT2D eigenvalue weighted by molar-refractivity contribution is 0.00651. The number of pyridine rings is 1. The average molecular weight is 462 g/mol. The Bertz CT molecular complexity index is 978. The van der Waals surface area contributed by atoms with Crippen LogP contribution in [-0.4, -0.2) is 47.3 Å². The Balaban J connectivity index is 1.43. The molecule has 4 heterocycles. The van der Waals surface area contributed by atoms with Gasteiger partial charge >= 0.3 is 0 Å². The number of hydrogen-bond acceptors (Lipinski definition) is 9. The van der Waals surface area contributed by atoms with E-state index >= 15 is 0 Å². The molecule has 1 spiro atoms. The highest BCUT2D eigenvalue weighted by Crippen LogP contribution is 2.47. The van der Waals surface area contributed by atoms with Crippen LogP contribution in [0.5, 0.6) is 0 Å². The van der Waals surface area contributed by atoms with Gasteiger partial charge in [-0.15, -0.1) is 0 Å². The summed E-state index contributed by atoms with van der Waals surface area (Å²) in [7, 11) is 0. The molecular formula is C21H28ClN7OS. The van der Waals surface area contributed by atoms with Crippen LogP contribution in [0.2, 0.25) is 5.02 Å². The second-order valence-corrected chi connectivity index (χ2v) is 10.2. The van der Waals surface area contributed by atoms with Gasteiger partial charge in [-0.25, -0.2) is 15.0 Å². The molecule has 2 saturated heterocycles. The van der Waals surface area contributed by atoms with Crippen molar-refractivity contribution in [3.8, 4) is 0 Å². The van der Waals surface area contributed by atoms with Crippen LogP contribution < -0.4 is 22.1 Å². The van der Waals surface area contributed by atoms with E-state index in [-0.39, 0.29) is 11.7 Å². The third kappa shape index (κ3) is 3.82. The normalized spacial score (nSPS) is 23.3. The summed E-state index contributed by atoms with van der Waals surface area (Å²) in [4.78, 5) is 16.9. The van der Waals surface area contributed by atoms with Gasteiger partial charge < -0.3 is 26.8 Å². The predicted molar refractivity (Wildman–Crippen MR) is 123 cm³/mol. The SMILES string of the molecule is Nc1nc(N2CCC3(CCC[C@H]3N)CC2)c(C2COC2)nc1Sc1ccnc(N)c1Cl. The van der Waals surface area contributed by atoms with E-state index in [0.717, 1.165) is 48.8 Å². The summed E-state index contributed by atoms with van der Waals surface area (Å²) in [6, 6.07) is 2.13. The molecule has 3 fully saturated rings. The summed E-state index contributed by atoms with van der Waals surface area (Å²) in [6.07, 6.45) is 7.44. The zero-order valence-corrected chi connectivity index (χ0v) is 19.0. The van der Waals surface area contributed by atoms with E-state index in [1.54, 1.807) is 12.3 Å². The molecule has 0 aromatic carbocycles. The van der Waals surface area contributed by atoms with Crippen molar-refractivity contribution in [3.63, 3.8) is 0 Å². The van der Waals surface area contributed by atoms with Gasteiger partial charge in [0.15, 0.2) is 11.6 Å². The van der Waals surface area contributed by atoms with Crippen LogP contribution in [0.1, 0.15) is 43.7 Å². The molecule has 0 unspecified atom stereocenters. The quantitative estimate of drug-likeness (QED) is 0.628. The highest BCUT2D eigenvalue weighted by Gasteiger charge is 2.43. The number of nitrogens with two attached hydrogens (primary N) is 3. The van der Waals surface area contributed by atoms with E-state index < -0.39 is 0 Å². The van der Waals surface area contributed by atoms with Crippen LogP contribution in [0.15, 0.2) is 22.2 Å². The van der Waals surface area contributed by atoms with Crippen LogP contribution in [0.25, 0.3) is 0 Å². The smallest absolute Gasteiger partial charge is 0.158 e. The third-order valence-corrected chi connectivity index (χ3v) is 8.61. The van der Waals surface area contributed by atoms with Crippen LogP contribution in [0.3, 0.4) is 0 Å². The van der Waals surface area contributed by atoms with Crippen LogP contribution in [0.4, 0.5) is 17.5 Å². The largest absolute Gasteiger partial charge is 0.382 e. The van der Waals surface area contributed by atoms with Gasteiger partial charge in [0.05, 0.1) is 29.8 Å². The van der Waals surface area contributed by atoms with Crippen molar-refractivity contribution in [3.05, 3.63) is 23.0 Å². The highest BCUT2D eigenvalue weighted by atomic mass is 35.5. The lowest BCUT2D eigenvalue weighted by atomic mass is 9.74. The van der Waals surface area contributed by atoms with Crippen LogP contribution >= 0.6 is 23.4 Å². The summed E-state index contributed by atoms with van der Waals surface area (Å²) < 4.78 is 5.46. The Morgan fingerprint density at radius 3 is 2.55 bits per heavy atom. The highest BCUT2D eigenvalue weighted by molar-refractivity contribution is 7.99. The molecule has 10 heteroatoms. The molecule has 0 radical (unpaired) electrons. The molecular weight excluding hydrogens is 434 g/mol. The van der Waals surface area contributed by atoms with Crippen molar-refractivity contribution < 1.29 is 4.74 Å². The number of nitrogens with zero attached hydrogens (tertiary/aromatic N) is 4. The standard InChI is InChI=1S/C21H28ClN7OS/c22-15-13(3-7-26-17(15)24)31-20-18(25)28-19(16(27-20)12-10-30-11-12)29-8-5-21(6-9-29)4-1-2-14(21)23/h3,7,12,14H,1-2,4-6,8-11,23H2,(H2,24,26)(H2,25,28)/t14-/m1/s1. The molecule has 8 nitrogen and oxygen atoms in total. The zero-order chi connectivity index (χ0) is 21.6. The van der Waals surface area contributed by atoms with Gasteiger partial charge in [-0.2, -0.15) is 0 Å². The molecule has 2 aromatic rings. The first-order chi connectivity index (χ1) is 15.0. The Hall–Kier alpha value is -1.81. The summed E-state index contributed by atoms with van der Waals surface area (Å²) in [5.74, 6) is 1.80. The van der Waals surface area contributed by atoms with E-state index in [1.807, 2.05) is 0 Å². The molecule has 5 rings (SSSR count). The van der Waals surface area contributed by atoms with Gasteiger partial charge in [-0.3, -0.25) is 0 Å². The minimum absolute atomic E-state index is 0.227. The van der Waals surface area contributed by atoms with E-state index in [2.05, 4.69) is 9.88 Å². The number of aromatic nitrogens is 3. The second kappa shape index (κ2) is 8.27. The number of hydrogen-bond donors (Lipinski definition) is 3. The van der Waals surface area contributed by atoms with Crippen molar-refractivity contribution in [2.75, 3.05) is 42.7 Å². The Morgan fingerprint density at radius 2 is 1.90 bits per heavy atom. The first kappa shape index (κ1) is 21.1. The van der Waals surface area contributed by atoms with Gasteiger partial charge in [0.1, 0.15) is 10.8 Å². The van der Waals surface area contributed by atoms with E-state index in [9.17, 15) is 0 Å². The fourth-order valence-corrected chi connectivity index (χ4v) is 6.04. The first-order valence-electron chi connectivity index (χ1n) is 10.8. The molecule has 1 atom stereocenters. The van der Waals surface area contributed by atoms with Crippen molar-refractivity contribution in [1.29, 1.82) is 0 Å². The third-order valence-electron chi connectivity index (χ3n) is 7.04. The van der Waals surface area contributed by atoms with E-state index in [0.29, 0.717) is 40.5 Å². The van der Waals surface area contributed by atoms with Crippen molar-refractivity contribution in [2.45, 2.75) is 54.0 Å². The number of halogens is 1. The minimum Gasteiger partial charge on any atom is -0.382 e. The van der Waals surface area contributed by atoms with Crippen molar-refractivity contribution in [2.24, 2.45) is 11.1 Å². The number of anilines is 3. The lowest BCUT2D eigenvalue weighted by Gasteiger charge is -2.43. The summed E-state index contributed by atoms with van der Waals surface area (Å²) in [6.45, 7) is 3.17. The summed E-state index contributed by atoms with van der Waals surface area (Å²) in [5.41, 5.74) is 19.9. The van der Waals surface area contributed by atoms with Crippen LogP contribution in [-0.2, 0) is 4.74 Å². The fourth-order valence-electron chi connectivity index (χ4n) is 4.99. The Morgan fingerprint density at radius 1 is 1.13 bits per heavy atom. The van der Waals surface area contributed by atoms with Gasteiger partial charge in [0.2, 0.25) is 0 Å². The monoisotopic (exact) mass is 461 g/mol. The van der Waals surface area contributed by atoms with Gasteiger partial charge in [0, 0.05) is 30.2 Å². The number of piperidine rings is 1. The zero-order valence-electron chi connectivity index (χ0n) is 17.4. The number of ether oxygens (including phenoxy) is 1. The van der Waals surface area contributed by atoms with Gasteiger partial charge in [-0.1, -0.05) is 29.8 Å². The van der Waals surface area contributed by atoms with Crippen molar-refractivity contribution in [1.82, 2.24) is 15.0 Å². The van der Waals surface area contributed by atoms with Gasteiger partial charge in [-0.05, 0) is 37.2 Å². The maximum absolute atomic E-state index is 6.47. The van der Waals surface area contributed by atoms with E-state index in [1.165, 1.54) is 24.6 Å². The first-order valence-corrected chi connectivity index (χ1v) is 12.0. The topological polar surface area (TPSA) is 129 Å². The molecule has 31 heavy (non-hydrogen) atoms. The lowest BCUT2D eigenvalue weighted by Crippen LogP contribution is -2.47. The Labute approximate surface area is 191 Å².